The highest BCUT2D eigenvalue weighted by Gasteiger charge is 2.08. The van der Waals surface area contributed by atoms with Crippen LogP contribution in [-0.2, 0) is 13.0 Å². The van der Waals surface area contributed by atoms with E-state index in [1.165, 1.54) is 16.9 Å². The number of para-hydroxylation sites is 2. The summed E-state index contributed by atoms with van der Waals surface area (Å²) < 4.78 is 2.34. The quantitative estimate of drug-likeness (QED) is 0.708. The number of allylic oxidation sites excluding steroid dienone is 1. The average molecular weight is 228 g/mol. The molecule has 0 amide bonds. The molecule has 2 rings (SSSR count). The number of rotatable bonds is 5. The molecule has 1 aromatic heterocycles. The van der Waals surface area contributed by atoms with Crippen LogP contribution in [0.2, 0.25) is 0 Å². The Kier molecular flexibility index (Phi) is 3.62. The molecule has 90 valence electrons. The Balaban J connectivity index is 2.40. The first-order chi connectivity index (χ1) is 8.22. The third-order valence-corrected chi connectivity index (χ3v) is 2.97. The van der Waals surface area contributed by atoms with Gasteiger partial charge in [0.05, 0.1) is 11.0 Å². The van der Waals surface area contributed by atoms with Gasteiger partial charge in [0.15, 0.2) is 0 Å². The summed E-state index contributed by atoms with van der Waals surface area (Å²) in [6.07, 6.45) is 3.21. The van der Waals surface area contributed by atoms with E-state index in [-0.39, 0.29) is 0 Å². The number of aromatic nitrogens is 2. The summed E-state index contributed by atoms with van der Waals surface area (Å²) in [5.74, 6) is 1.20. The lowest BCUT2D eigenvalue weighted by atomic mass is 10.2. The molecule has 1 heterocycles. The van der Waals surface area contributed by atoms with E-state index < -0.39 is 0 Å². The summed E-state index contributed by atoms with van der Waals surface area (Å²) in [4.78, 5) is 4.71. The van der Waals surface area contributed by atoms with Crippen LogP contribution in [0.1, 0.15) is 32.5 Å². The maximum atomic E-state index is 4.71. The van der Waals surface area contributed by atoms with Crippen LogP contribution in [0.3, 0.4) is 0 Å². The third kappa shape index (κ3) is 2.57. The zero-order valence-corrected chi connectivity index (χ0v) is 10.7. The van der Waals surface area contributed by atoms with Gasteiger partial charge in [-0.2, -0.15) is 0 Å². The van der Waals surface area contributed by atoms with Crippen molar-refractivity contribution in [3.05, 3.63) is 42.2 Å². The molecule has 2 aromatic rings. The molecule has 2 nitrogen and oxygen atoms in total. The highest BCUT2D eigenvalue weighted by atomic mass is 15.1. The molecular weight excluding hydrogens is 208 g/mol. The van der Waals surface area contributed by atoms with E-state index in [1.807, 2.05) is 6.07 Å². The maximum Gasteiger partial charge on any atom is 0.109 e. The van der Waals surface area contributed by atoms with Crippen molar-refractivity contribution in [2.75, 3.05) is 0 Å². The Bertz CT molecular complexity index is 523. The summed E-state index contributed by atoms with van der Waals surface area (Å²) in [7, 11) is 0. The van der Waals surface area contributed by atoms with Crippen LogP contribution in [0.5, 0.6) is 0 Å². The summed E-state index contributed by atoms with van der Waals surface area (Å²) >= 11 is 0. The molecule has 0 aliphatic carbocycles. The highest BCUT2D eigenvalue weighted by molar-refractivity contribution is 5.75. The van der Waals surface area contributed by atoms with Gasteiger partial charge >= 0.3 is 0 Å². The molecule has 0 atom stereocenters. The van der Waals surface area contributed by atoms with E-state index in [4.69, 9.17) is 4.98 Å². The molecule has 0 aliphatic rings. The second kappa shape index (κ2) is 5.17. The van der Waals surface area contributed by atoms with Gasteiger partial charge in [0.2, 0.25) is 0 Å². The number of benzene rings is 1. The van der Waals surface area contributed by atoms with Gasteiger partial charge in [-0.3, -0.25) is 0 Å². The fourth-order valence-corrected chi connectivity index (χ4v) is 2.09. The predicted octanol–water partition coefficient (Wildman–Crippen LogP) is 3.96. The molecule has 17 heavy (non-hydrogen) atoms. The molecule has 0 fully saturated rings. The lowest BCUT2D eigenvalue weighted by Gasteiger charge is -2.08. The Morgan fingerprint density at radius 3 is 2.82 bits per heavy atom. The minimum absolute atomic E-state index is 0.991. The SMILES string of the molecule is C=C(C)CCn1c(CCC)nc2ccccc21. The number of nitrogens with zero attached hydrogens (tertiary/aromatic N) is 2. The minimum atomic E-state index is 0.991. The zero-order chi connectivity index (χ0) is 12.3. The first-order valence-electron chi connectivity index (χ1n) is 6.31. The Morgan fingerprint density at radius 2 is 2.12 bits per heavy atom. The summed E-state index contributed by atoms with van der Waals surface area (Å²) in [5.41, 5.74) is 3.58. The number of fused-ring (bicyclic) bond motifs is 1. The normalized spacial score (nSPS) is 10.9. The fraction of sp³-hybridized carbons (Fsp3) is 0.400. The van der Waals surface area contributed by atoms with Gasteiger partial charge in [-0.05, 0) is 31.9 Å². The fourth-order valence-electron chi connectivity index (χ4n) is 2.09. The van der Waals surface area contributed by atoms with E-state index in [0.29, 0.717) is 0 Å². The number of imidazole rings is 1. The highest BCUT2D eigenvalue weighted by Crippen LogP contribution is 2.18. The summed E-state index contributed by atoms with van der Waals surface area (Å²) in [6, 6.07) is 8.37. The van der Waals surface area contributed by atoms with Crippen LogP contribution in [0.4, 0.5) is 0 Å². The van der Waals surface area contributed by atoms with Gasteiger partial charge in [0.25, 0.3) is 0 Å². The van der Waals surface area contributed by atoms with Crippen LogP contribution >= 0.6 is 0 Å². The van der Waals surface area contributed by atoms with Crippen molar-refractivity contribution in [3.63, 3.8) is 0 Å². The number of hydrogen-bond donors (Lipinski definition) is 0. The van der Waals surface area contributed by atoms with Gasteiger partial charge < -0.3 is 4.57 Å². The second-order valence-electron chi connectivity index (χ2n) is 4.63. The maximum absolute atomic E-state index is 4.71. The molecule has 0 bridgehead atoms. The van der Waals surface area contributed by atoms with Crippen molar-refractivity contribution in [2.45, 2.75) is 39.7 Å². The number of hydrogen-bond acceptors (Lipinski definition) is 1. The van der Waals surface area contributed by atoms with Crippen molar-refractivity contribution in [2.24, 2.45) is 0 Å². The van der Waals surface area contributed by atoms with Gasteiger partial charge in [0.1, 0.15) is 5.82 Å². The van der Waals surface area contributed by atoms with Crippen molar-refractivity contribution < 1.29 is 0 Å². The van der Waals surface area contributed by atoms with Gasteiger partial charge in [0, 0.05) is 13.0 Å². The van der Waals surface area contributed by atoms with Gasteiger partial charge in [-0.15, -0.1) is 6.58 Å². The van der Waals surface area contributed by atoms with Crippen LogP contribution in [0.15, 0.2) is 36.4 Å². The first kappa shape index (κ1) is 11.9. The predicted molar refractivity (Wildman–Crippen MR) is 73.2 cm³/mol. The molecule has 0 radical (unpaired) electrons. The first-order valence-corrected chi connectivity index (χ1v) is 6.31. The summed E-state index contributed by atoms with van der Waals surface area (Å²) in [5, 5.41) is 0. The van der Waals surface area contributed by atoms with Crippen LogP contribution in [-0.4, -0.2) is 9.55 Å². The smallest absolute Gasteiger partial charge is 0.109 e. The van der Waals surface area contributed by atoms with E-state index in [2.05, 4.69) is 43.2 Å². The minimum Gasteiger partial charge on any atom is -0.328 e. The van der Waals surface area contributed by atoms with Crippen molar-refractivity contribution >= 4 is 11.0 Å². The Hall–Kier alpha value is -1.57. The molecule has 1 aromatic carbocycles. The lowest BCUT2D eigenvalue weighted by Crippen LogP contribution is -2.04. The Morgan fingerprint density at radius 1 is 1.35 bits per heavy atom. The van der Waals surface area contributed by atoms with Crippen molar-refractivity contribution in [1.29, 1.82) is 0 Å². The third-order valence-electron chi connectivity index (χ3n) is 2.97. The zero-order valence-electron chi connectivity index (χ0n) is 10.7. The largest absolute Gasteiger partial charge is 0.328 e. The Labute approximate surface area is 103 Å². The van der Waals surface area contributed by atoms with E-state index in [1.54, 1.807) is 0 Å². The van der Waals surface area contributed by atoms with Crippen molar-refractivity contribution in [3.8, 4) is 0 Å². The molecule has 0 spiro atoms. The molecule has 0 saturated heterocycles. The monoisotopic (exact) mass is 228 g/mol. The topological polar surface area (TPSA) is 17.8 Å². The van der Waals surface area contributed by atoms with Gasteiger partial charge in [-0.25, -0.2) is 4.98 Å². The molecule has 0 aliphatic heterocycles. The lowest BCUT2D eigenvalue weighted by molar-refractivity contribution is 0.656. The molecular formula is C15H20N2. The van der Waals surface area contributed by atoms with Crippen LogP contribution in [0.25, 0.3) is 11.0 Å². The number of aryl methyl sites for hydroxylation is 2. The summed E-state index contributed by atoms with van der Waals surface area (Å²) in [6.45, 7) is 9.25. The second-order valence-corrected chi connectivity index (χ2v) is 4.63. The average Bonchev–Trinajstić information content (AvgIpc) is 2.64. The van der Waals surface area contributed by atoms with Crippen LogP contribution < -0.4 is 0 Å². The van der Waals surface area contributed by atoms with Crippen molar-refractivity contribution in [1.82, 2.24) is 9.55 Å². The van der Waals surface area contributed by atoms with E-state index in [9.17, 15) is 0 Å². The van der Waals surface area contributed by atoms with E-state index >= 15 is 0 Å². The molecule has 0 N–H and O–H groups in total. The van der Waals surface area contributed by atoms with E-state index in [0.717, 1.165) is 31.3 Å². The molecule has 0 saturated carbocycles. The molecule has 2 heteroatoms. The molecule has 0 unspecified atom stereocenters. The standard InChI is InChI=1S/C15H20N2/c1-4-7-15-16-13-8-5-6-9-14(13)17(15)11-10-12(2)3/h5-6,8-9H,2,4,7,10-11H2,1,3H3. The van der Waals surface area contributed by atoms with Crippen LogP contribution in [0, 0.1) is 0 Å². The van der Waals surface area contributed by atoms with Gasteiger partial charge in [-0.1, -0.05) is 24.6 Å².